The number of hydrogen-bond donors (Lipinski definition) is 1. The Morgan fingerprint density at radius 1 is 1.38 bits per heavy atom. The minimum absolute atomic E-state index is 0.336. The number of likely N-dealkylation sites (tertiary alicyclic amines) is 1. The lowest BCUT2D eigenvalue weighted by Gasteiger charge is -2.37. The summed E-state index contributed by atoms with van der Waals surface area (Å²) in [6.07, 6.45) is 7.27. The Balaban J connectivity index is 1.37. The van der Waals surface area contributed by atoms with Crippen LogP contribution in [0.4, 0.5) is 0 Å². The van der Waals surface area contributed by atoms with E-state index in [0.29, 0.717) is 23.8 Å². The molecular weight excluding hydrogens is 300 g/mol. The number of rotatable bonds is 4. The lowest BCUT2D eigenvalue weighted by Crippen LogP contribution is -2.50. The molecule has 3 heterocycles. The van der Waals surface area contributed by atoms with E-state index in [4.69, 9.17) is 0 Å². The van der Waals surface area contributed by atoms with Crippen LogP contribution in [-0.2, 0) is 11.3 Å². The van der Waals surface area contributed by atoms with Crippen molar-refractivity contribution in [3.8, 4) is 0 Å². The number of nitrogens with zero attached hydrogens (tertiary/aromatic N) is 3. The zero-order valence-electron chi connectivity index (χ0n) is 14.5. The second kappa shape index (κ2) is 6.20. The van der Waals surface area contributed by atoms with E-state index in [2.05, 4.69) is 51.8 Å². The standard InChI is InChI=1S/C19H26N4O/c1-13-4-3-8-23-16(11-21-18(13)23)10-20-17-7-9-22(12-14(17)2)19(24)15-5-6-15/h3-4,8,11,14-15,17,20H,5-7,9-10,12H2,1-2H3/t14-,17+/m1/s1. The number of carbonyl (C=O) groups excluding carboxylic acids is 1. The van der Waals surface area contributed by atoms with E-state index in [1.807, 2.05) is 6.20 Å². The molecule has 0 radical (unpaired) electrons. The van der Waals surface area contributed by atoms with Gasteiger partial charge in [-0.25, -0.2) is 4.98 Å². The number of imidazole rings is 1. The maximum atomic E-state index is 12.2. The molecule has 1 N–H and O–H groups in total. The molecule has 24 heavy (non-hydrogen) atoms. The molecule has 2 atom stereocenters. The monoisotopic (exact) mass is 326 g/mol. The van der Waals surface area contributed by atoms with Crippen LogP contribution >= 0.6 is 0 Å². The van der Waals surface area contributed by atoms with Gasteiger partial charge in [0.05, 0.1) is 11.9 Å². The van der Waals surface area contributed by atoms with Crippen LogP contribution in [0.3, 0.4) is 0 Å². The molecule has 1 aliphatic heterocycles. The summed E-state index contributed by atoms with van der Waals surface area (Å²) in [5.74, 6) is 1.21. The van der Waals surface area contributed by atoms with Gasteiger partial charge < -0.3 is 14.6 Å². The maximum absolute atomic E-state index is 12.2. The van der Waals surface area contributed by atoms with Crippen molar-refractivity contribution in [2.45, 2.75) is 45.7 Å². The molecule has 0 bridgehead atoms. The Morgan fingerprint density at radius 3 is 2.96 bits per heavy atom. The first-order chi connectivity index (χ1) is 11.6. The van der Waals surface area contributed by atoms with Crippen LogP contribution in [0, 0.1) is 18.8 Å². The summed E-state index contributed by atoms with van der Waals surface area (Å²) < 4.78 is 2.17. The third kappa shape index (κ3) is 2.93. The van der Waals surface area contributed by atoms with Crippen molar-refractivity contribution in [3.05, 3.63) is 35.8 Å². The molecule has 0 aromatic carbocycles. The first-order valence-electron chi connectivity index (χ1n) is 9.07. The molecule has 128 valence electrons. The highest BCUT2D eigenvalue weighted by Crippen LogP contribution is 2.32. The molecule has 2 aliphatic rings. The number of aryl methyl sites for hydroxylation is 1. The molecule has 2 fully saturated rings. The summed E-state index contributed by atoms with van der Waals surface area (Å²) in [5.41, 5.74) is 3.42. The van der Waals surface area contributed by atoms with Crippen molar-refractivity contribution < 1.29 is 4.79 Å². The lowest BCUT2D eigenvalue weighted by molar-refractivity contribution is -0.134. The molecule has 1 aliphatic carbocycles. The van der Waals surface area contributed by atoms with Gasteiger partial charge in [-0.2, -0.15) is 0 Å². The fourth-order valence-electron chi connectivity index (χ4n) is 3.81. The summed E-state index contributed by atoms with van der Waals surface area (Å²) in [6, 6.07) is 4.62. The van der Waals surface area contributed by atoms with Crippen LogP contribution in [0.25, 0.3) is 5.65 Å². The fourth-order valence-corrected chi connectivity index (χ4v) is 3.81. The number of fused-ring (bicyclic) bond motifs is 1. The van der Waals surface area contributed by atoms with Crippen LogP contribution < -0.4 is 5.32 Å². The predicted octanol–water partition coefficient (Wildman–Crippen LogP) is 2.38. The molecule has 0 unspecified atom stereocenters. The first-order valence-corrected chi connectivity index (χ1v) is 9.07. The number of carbonyl (C=O) groups is 1. The van der Waals surface area contributed by atoms with Crippen LogP contribution in [0.1, 0.15) is 37.4 Å². The van der Waals surface area contributed by atoms with Crippen molar-refractivity contribution in [1.29, 1.82) is 0 Å². The zero-order valence-corrected chi connectivity index (χ0v) is 14.5. The largest absolute Gasteiger partial charge is 0.342 e. The summed E-state index contributed by atoms with van der Waals surface area (Å²) >= 11 is 0. The van der Waals surface area contributed by atoms with Gasteiger partial charge in [0.25, 0.3) is 0 Å². The van der Waals surface area contributed by atoms with Gasteiger partial charge in [0, 0.05) is 37.8 Å². The Morgan fingerprint density at radius 2 is 2.21 bits per heavy atom. The van der Waals surface area contributed by atoms with Gasteiger partial charge in [-0.1, -0.05) is 13.0 Å². The third-order valence-electron chi connectivity index (χ3n) is 5.50. The van der Waals surface area contributed by atoms with Gasteiger partial charge in [0.15, 0.2) is 0 Å². The molecule has 4 rings (SSSR count). The van der Waals surface area contributed by atoms with Crippen LogP contribution in [-0.4, -0.2) is 39.3 Å². The van der Waals surface area contributed by atoms with Gasteiger partial charge in [-0.05, 0) is 43.7 Å². The molecule has 2 aromatic heterocycles. The van der Waals surface area contributed by atoms with E-state index in [1.165, 1.54) is 11.3 Å². The summed E-state index contributed by atoms with van der Waals surface area (Å²) in [6.45, 7) is 6.94. The van der Waals surface area contributed by atoms with E-state index in [9.17, 15) is 4.79 Å². The Hall–Kier alpha value is -1.88. The molecule has 1 amide bonds. The van der Waals surface area contributed by atoms with Crippen LogP contribution in [0.5, 0.6) is 0 Å². The van der Waals surface area contributed by atoms with Crippen LogP contribution in [0.2, 0.25) is 0 Å². The van der Waals surface area contributed by atoms with Crippen molar-refractivity contribution in [1.82, 2.24) is 19.6 Å². The molecule has 0 spiro atoms. The van der Waals surface area contributed by atoms with Gasteiger partial charge in [-0.3, -0.25) is 4.79 Å². The number of aromatic nitrogens is 2. The highest BCUT2D eigenvalue weighted by atomic mass is 16.2. The SMILES string of the molecule is Cc1cccn2c(CN[C@H]3CCN(C(=O)C4CC4)C[C@H]3C)cnc12. The normalized spacial score (nSPS) is 24.5. The maximum Gasteiger partial charge on any atom is 0.225 e. The summed E-state index contributed by atoms with van der Waals surface area (Å²) in [7, 11) is 0. The fraction of sp³-hybridized carbons (Fsp3) is 0.579. The first kappa shape index (κ1) is 15.6. The zero-order chi connectivity index (χ0) is 16.7. The van der Waals surface area contributed by atoms with Crippen molar-refractivity contribution in [2.75, 3.05) is 13.1 Å². The second-order valence-electron chi connectivity index (χ2n) is 7.45. The van der Waals surface area contributed by atoms with Gasteiger partial charge in [0.2, 0.25) is 5.91 Å². The third-order valence-corrected chi connectivity index (χ3v) is 5.50. The molecule has 1 saturated heterocycles. The molecule has 2 aromatic rings. The molecule has 5 heteroatoms. The Labute approximate surface area is 143 Å². The minimum Gasteiger partial charge on any atom is -0.342 e. The number of pyridine rings is 1. The smallest absolute Gasteiger partial charge is 0.225 e. The van der Waals surface area contributed by atoms with E-state index < -0.39 is 0 Å². The average molecular weight is 326 g/mol. The predicted molar refractivity (Wildman–Crippen MR) is 93.6 cm³/mol. The van der Waals surface area contributed by atoms with Crippen molar-refractivity contribution >= 4 is 11.6 Å². The van der Waals surface area contributed by atoms with Gasteiger partial charge in [-0.15, -0.1) is 0 Å². The lowest BCUT2D eigenvalue weighted by atomic mass is 9.93. The molecule has 1 saturated carbocycles. The molecule has 5 nitrogen and oxygen atoms in total. The van der Waals surface area contributed by atoms with Gasteiger partial charge >= 0.3 is 0 Å². The quantitative estimate of drug-likeness (QED) is 0.938. The van der Waals surface area contributed by atoms with Crippen molar-refractivity contribution in [3.63, 3.8) is 0 Å². The van der Waals surface area contributed by atoms with E-state index in [0.717, 1.165) is 44.5 Å². The number of amides is 1. The number of piperidine rings is 1. The van der Waals surface area contributed by atoms with E-state index >= 15 is 0 Å². The Bertz CT molecular complexity index is 749. The Kier molecular flexibility index (Phi) is 4.04. The minimum atomic E-state index is 0.336. The highest BCUT2D eigenvalue weighted by molar-refractivity contribution is 5.81. The number of nitrogens with one attached hydrogen (secondary N) is 1. The summed E-state index contributed by atoms with van der Waals surface area (Å²) in [4.78, 5) is 18.8. The van der Waals surface area contributed by atoms with Crippen LogP contribution in [0.15, 0.2) is 24.5 Å². The van der Waals surface area contributed by atoms with E-state index in [1.54, 1.807) is 0 Å². The van der Waals surface area contributed by atoms with Gasteiger partial charge in [0.1, 0.15) is 5.65 Å². The highest BCUT2D eigenvalue weighted by Gasteiger charge is 2.36. The average Bonchev–Trinajstić information content (AvgIpc) is 3.34. The van der Waals surface area contributed by atoms with Crippen molar-refractivity contribution in [2.24, 2.45) is 11.8 Å². The number of hydrogen-bond acceptors (Lipinski definition) is 3. The second-order valence-corrected chi connectivity index (χ2v) is 7.45. The summed E-state index contributed by atoms with van der Waals surface area (Å²) in [5, 5.41) is 3.69. The molecular formula is C19H26N4O. The topological polar surface area (TPSA) is 49.6 Å². The van der Waals surface area contributed by atoms with E-state index in [-0.39, 0.29) is 0 Å².